The number of aromatic nitrogens is 2. The summed E-state index contributed by atoms with van der Waals surface area (Å²) in [4.78, 5) is 27.9. The average Bonchev–Trinajstić information content (AvgIpc) is 2.99. The van der Waals surface area contributed by atoms with Gasteiger partial charge in [-0.2, -0.15) is 18.2 Å². The lowest BCUT2D eigenvalue weighted by atomic mass is 10.0. The van der Waals surface area contributed by atoms with Crippen molar-refractivity contribution in [1.29, 1.82) is 0 Å². The second kappa shape index (κ2) is 8.17. The van der Waals surface area contributed by atoms with Crippen LogP contribution >= 0.6 is 11.5 Å². The van der Waals surface area contributed by atoms with Gasteiger partial charge in [0.25, 0.3) is 11.8 Å². The third kappa shape index (κ3) is 5.32. The van der Waals surface area contributed by atoms with Crippen molar-refractivity contribution < 1.29 is 31.1 Å². The van der Waals surface area contributed by atoms with Crippen molar-refractivity contribution in [1.82, 2.24) is 8.94 Å². The van der Waals surface area contributed by atoms with Crippen molar-refractivity contribution in [3.63, 3.8) is 0 Å². The number of nitrogens with zero attached hydrogens (tertiary/aromatic N) is 2. The Balaban J connectivity index is 2.06. The van der Waals surface area contributed by atoms with E-state index in [1.165, 1.54) is 18.2 Å². The van der Waals surface area contributed by atoms with Crippen molar-refractivity contribution >= 4 is 17.4 Å². The first kappa shape index (κ1) is 22.5. The molecule has 1 heterocycles. The van der Waals surface area contributed by atoms with Crippen molar-refractivity contribution in [3.05, 3.63) is 85.8 Å². The van der Waals surface area contributed by atoms with Gasteiger partial charge in [0, 0.05) is 18.1 Å². The van der Waals surface area contributed by atoms with E-state index < -0.39 is 46.2 Å². The Morgan fingerprint density at radius 2 is 1.77 bits per heavy atom. The Labute approximate surface area is 174 Å². The van der Waals surface area contributed by atoms with E-state index >= 15 is 0 Å². The maximum atomic E-state index is 13.6. The van der Waals surface area contributed by atoms with Gasteiger partial charge in [-0.15, -0.1) is 0 Å². The standard InChI is InChI=1S/C19H13F6N3O2S/c1-18(21,22)12-6-11(7-13(8-12)19(23,24)25)15(29)26-17-28(16(30)27-31-17)9-10-3-2-4-14(20)5-10/h2-8H,9H2,1H3,(H,27,30)/b26-17-. The summed E-state index contributed by atoms with van der Waals surface area (Å²) >= 11 is 0.616. The molecule has 0 aliphatic rings. The summed E-state index contributed by atoms with van der Waals surface area (Å²) in [6.07, 6.45) is -4.97. The first-order valence-corrected chi connectivity index (χ1v) is 9.38. The van der Waals surface area contributed by atoms with Gasteiger partial charge in [-0.05, 0) is 47.4 Å². The fourth-order valence-electron chi connectivity index (χ4n) is 2.65. The monoisotopic (exact) mass is 461 g/mol. The number of H-pyrrole nitrogens is 1. The van der Waals surface area contributed by atoms with Gasteiger partial charge in [0.05, 0.1) is 12.1 Å². The third-order valence-electron chi connectivity index (χ3n) is 4.15. The van der Waals surface area contributed by atoms with Crippen LogP contribution in [-0.2, 0) is 18.6 Å². The van der Waals surface area contributed by atoms with E-state index in [2.05, 4.69) is 9.37 Å². The van der Waals surface area contributed by atoms with E-state index in [0.717, 1.165) is 10.6 Å². The van der Waals surface area contributed by atoms with Crippen LogP contribution in [0.4, 0.5) is 26.3 Å². The highest BCUT2D eigenvalue weighted by Gasteiger charge is 2.35. The van der Waals surface area contributed by atoms with E-state index in [9.17, 15) is 35.9 Å². The van der Waals surface area contributed by atoms with Crippen molar-refractivity contribution in [2.24, 2.45) is 4.99 Å². The number of carbonyl (C=O) groups excluding carboxylic acids is 1. The predicted molar refractivity (Wildman–Crippen MR) is 99.3 cm³/mol. The van der Waals surface area contributed by atoms with Crippen LogP contribution in [0.25, 0.3) is 0 Å². The summed E-state index contributed by atoms with van der Waals surface area (Å²) in [6.45, 7) is 0.225. The van der Waals surface area contributed by atoms with Gasteiger partial charge in [-0.1, -0.05) is 12.1 Å². The molecule has 0 aliphatic heterocycles. The van der Waals surface area contributed by atoms with E-state index in [0.29, 0.717) is 36.2 Å². The molecule has 0 fully saturated rings. The normalized spacial score (nSPS) is 12.9. The molecule has 0 atom stereocenters. The van der Waals surface area contributed by atoms with Crippen molar-refractivity contribution in [2.45, 2.75) is 25.6 Å². The molecule has 31 heavy (non-hydrogen) atoms. The molecular formula is C19H13F6N3O2S. The summed E-state index contributed by atoms with van der Waals surface area (Å²) in [5.74, 6) is -5.44. The van der Waals surface area contributed by atoms with Crippen LogP contribution in [0.3, 0.4) is 0 Å². The fourth-order valence-corrected chi connectivity index (χ4v) is 3.32. The second-order valence-electron chi connectivity index (χ2n) is 6.61. The molecule has 164 valence electrons. The number of hydrogen-bond acceptors (Lipinski definition) is 3. The quantitative estimate of drug-likeness (QED) is 0.589. The zero-order chi connectivity index (χ0) is 23.0. The van der Waals surface area contributed by atoms with Gasteiger partial charge in [-0.3, -0.25) is 13.7 Å². The summed E-state index contributed by atoms with van der Waals surface area (Å²) in [5.41, 5.74) is -3.48. The summed E-state index contributed by atoms with van der Waals surface area (Å²) in [7, 11) is 0. The maximum Gasteiger partial charge on any atom is 0.416 e. The highest BCUT2D eigenvalue weighted by Crippen LogP contribution is 2.35. The molecule has 0 aliphatic carbocycles. The lowest BCUT2D eigenvalue weighted by Crippen LogP contribution is -2.28. The molecule has 0 saturated heterocycles. The van der Waals surface area contributed by atoms with Crippen LogP contribution in [-0.4, -0.2) is 14.8 Å². The minimum Gasteiger partial charge on any atom is -0.267 e. The molecule has 3 aromatic rings. The molecule has 0 bridgehead atoms. The smallest absolute Gasteiger partial charge is 0.267 e. The van der Waals surface area contributed by atoms with Crippen LogP contribution in [0.5, 0.6) is 0 Å². The molecule has 3 rings (SSSR count). The number of hydrogen-bond donors (Lipinski definition) is 1. The van der Waals surface area contributed by atoms with Gasteiger partial charge >= 0.3 is 11.9 Å². The Hall–Kier alpha value is -3.15. The molecule has 0 spiro atoms. The molecule has 2 aromatic carbocycles. The number of nitrogens with one attached hydrogen (secondary N) is 1. The Kier molecular flexibility index (Phi) is 5.94. The number of halogens is 6. The minimum absolute atomic E-state index is 0.177. The Morgan fingerprint density at radius 1 is 1.10 bits per heavy atom. The zero-order valence-electron chi connectivity index (χ0n) is 15.6. The van der Waals surface area contributed by atoms with Crippen molar-refractivity contribution in [2.75, 3.05) is 0 Å². The van der Waals surface area contributed by atoms with Gasteiger partial charge < -0.3 is 0 Å². The van der Waals surface area contributed by atoms with Gasteiger partial charge in [-0.25, -0.2) is 18.0 Å². The van der Waals surface area contributed by atoms with Crippen LogP contribution in [0.1, 0.15) is 34.0 Å². The maximum absolute atomic E-state index is 13.6. The Bertz CT molecular complexity index is 1220. The summed E-state index contributed by atoms with van der Waals surface area (Å²) in [5, 5.41) is 0. The first-order valence-electron chi connectivity index (χ1n) is 8.57. The average molecular weight is 461 g/mol. The number of amides is 1. The van der Waals surface area contributed by atoms with Crippen LogP contribution in [0, 0.1) is 5.82 Å². The molecule has 1 aromatic heterocycles. The van der Waals surface area contributed by atoms with E-state index in [-0.39, 0.29) is 17.4 Å². The van der Waals surface area contributed by atoms with E-state index in [1.54, 1.807) is 0 Å². The molecule has 1 amide bonds. The van der Waals surface area contributed by atoms with Gasteiger partial charge in [0.2, 0.25) is 4.80 Å². The third-order valence-corrected chi connectivity index (χ3v) is 4.92. The lowest BCUT2D eigenvalue weighted by Gasteiger charge is -2.15. The van der Waals surface area contributed by atoms with Crippen LogP contribution in [0.15, 0.2) is 52.3 Å². The largest absolute Gasteiger partial charge is 0.416 e. The zero-order valence-corrected chi connectivity index (χ0v) is 16.5. The molecule has 1 N–H and O–H groups in total. The topological polar surface area (TPSA) is 67.2 Å². The lowest BCUT2D eigenvalue weighted by molar-refractivity contribution is -0.137. The number of carbonyl (C=O) groups is 1. The molecule has 0 radical (unpaired) electrons. The van der Waals surface area contributed by atoms with Gasteiger partial charge in [0.1, 0.15) is 5.82 Å². The van der Waals surface area contributed by atoms with Crippen LogP contribution < -0.4 is 10.5 Å². The summed E-state index contributed by atoms with van der Waals surface area (Å²) in [6, 6.07) is 6.55. The number of aromatic amines is 1. The minimum atomic E-state index is -4.97. The highest BCUT2D eigenvalue weighted by atomic mass is 32.1. The molecular weight excluding hydrogens is 448 g/mol. The number of rotatable bonds is 4. The second-order valence-corrected chi connectivity index (χ2v) is 7.38. The van der Waals surface area contributed by atoms with E-state index in [4.69, 9.17) is 0 Å². The highest BCUT2D eigenvalue weighted by molar-refractivity contribution is 7.02. The van der Waals surface area contributed by atoms with Crippen LogP contribution in [0.2, 0.25) is 0 Å². The first-order chi connectivity index (χ1) is 14.3. The summed E-state index contributed by atoms with van der Waals surface area (Å²) < 4.78 is 83.3. The fraction of sp³-hybridized carbons (Fsp3) is 0.211. The Morgan fingerprint density at radius 3 is 2.39 bits per heavy atom. The predicted octanol–water partition coefficient (Wildman–Crippen LogP) is 4.30. The van der Waals surface area contributed by atoms with Crippen molar-refractivity contribution in [3.8, 4) is 0 Å². The number of alkyl halides is 5. The molecule has 0 unspecified atom stereocenters. The molecule has 5 nitrogen and oxygen atoms in total. The molecule has 12 heteroatoms. The SMILES string of the molecule is CC(F)(F)c1cc(C(=O)/N=c2\s[nH]c(=O)n2Cc2cccc(F)c2)cc(C(F)(F)F)c1. The number of benzene rings is 2. The molecule has 0 saturated carbocycles. The van der Waals surface area contributed by atoms with Gasteiger partial charge in [0.15, 0.2) is 0 Å². The van der Waals surface area contributed by atoms with E-state index in [1.807, 2.05) is 0 Å².